The van der Waals surface area contributed by atoms with Gasteiger partial charge in [-0.15, -0.1) is 0 Å². The van der Waals surface area contributed by atoms with E-state index in [-0.39, 0.29) is 13.2 Å². The third-order valence-electron chi connectivity index (χ3n) is 5.20. The van der Waals surface area contributed by atoms with Crippen molar-refractivity contribution in [3.05, 3.63) is 71.8 Å². The smallest absolute Gasteiger partial charge is 0.407 e. The molecule has 1 saturated heterocycles. The third kappa shape index (κ3) is 5.37. The Morgan fingerprint density at radius 2 is 1.80 bits per heavy atom. The second-order valence-electron chi connectivity index (χ2n) is 8.06. The number of carbonyl (C=O) groups excluding carboxylic acids is 1. The summed E-state index contributed by atoms with van der Waals surface area (Å²) in [6.07, 6.45) is -2.78. The molecule has 0 aliphatic carbocycles. The zero-order valence-electron chi connectivity index (χ0n) is 17.4. The van der Waals surface area contributed by atoms with Gasteiger partial charge in [-0.2, -0.15) is 0 Å². The maximum Gasteiger partial charge on any atom is 0.407 e. The number of benzene rings is 2. The van der Waals surface area contributed by atoms with Crippen molar-refractivity contribution in [3.63, 3.8) is 0 Å². The first-order valence-electron chi connectivity index (χ1n) is 9.94. The fourth-order valence-electron chi connectivity index (χ4n) is 3.46. The van der Waals surface area contributed by atoms with E-state index < -0.39 is 35.7 Å². The van der Waals surface area contributed by atoms with E-state index in [9.17, 15) is 15.0 Å². The Hall–Kier alpha value is -2.45. The lowest BCUT2D eigenvalue weighted by molar-refractivity contribution is -0.156. The van der Waals surface area contributed by atoms with Gasteiger partial charge in [0.1, 0.15) is 24.4 Å². The highest BCUT2D eigenvalue weighted by atomic mass is 16.7. The highest BCUT2D eigenvalue weighted by Gasteiger charge is 2.47. The standard InChI is InChI=1S/C23H29NO6/c1-22(2)29-15-18(30-22)19(20(25)23(3,27)17-12-8-5-9-13-17)24-21(26)28-14-16-10-6-4-7-11-16/h4-13,18-20,25,27H,14-15H2,1-3H3,(H,24,26)/t18-,19-,20-,23+/m0/s1. The van der Waals surface area contributed by atoms with Gasteiger partial charge >= 0.3 is 6.09 Å². The second kappa shape index (κ2) is 9.14. The minimum absolute atomic E-state index is 0.0814. The van der Waals surface area contributed by atoms with Gasteiger partial charge in [0.2, 0.25) is 0 Å². The van der Waals surface area contributed by atoms with E-state index in [1.165, 1.54) is 6.92 Å². The quantitative estimate of drug-likeness (QED) is 0.643. The van der Waals surface area contributed by atoms with Gasteiger partial charge in [-0.3, -0.25) is 0 Å². The van der Waals surface area contributed by atoms with Crippen LogP contribution in [0.4, 0.5) is 4.79 Å². The second-order valence-corrected chi connectivity index (χ2v) is 8.06. The molecular formula is C23H29NO6. The van der Waals surface area contributed by atoms with E-state index in [1.54, 1.807) is 38.1 Å². The Balaban J connectivity index is 1.75. The predicted molar refractivity (Wildman–Crippen MR) is 110 cm³/mol. The van der Waals surface area contributed by atoms with Crippen LogP contribution in [0.15, 0.2) is 60.7 Å². The van der Waals surface area contributed by atoms with Crippen LogP contribution in [0.2, 0.25) is 0 Å². The molecule has 7 heteroatoms. The maximum atomic E-state index is 12.5. The van der Waals surface area contributed by atoms with E-state index in [4.69, 9.17) is 14.2 Å². The Morgan fingerprint density at radius 3 is 2.37 bits per heavy atom. The summed E-state index contributed by atoms with van der Waals surface area (Å²) in [6, 6.07) is 17.1. The first kappa shape index (κ1) is 22.2. The maximum absolute atomic E-state index is 12.5. The largest absolute Gasteiger partial charge is 0.445 e. The first-order chi connectivity index (χ1) is 14.2. The van der Waals surface area contributed by atoms with Crippen molar-refractivity contribution in [1.29, 1.82) is 0 Å². The van der Waals surface area contributed by atoms with Crippen LogP contribution in [-0.2, 0) is 26.4 Å². The number of nitrogens with one attached hydrogen (secondary N) is 1. The molecule has 162 valence electrons. The Labute approximate surface area is 176 Å². The fourth-order valence-corrected chi connectivity index (χ4v) is 3.46. The van der Waals surface area contributed by atoms with Crippen molar-refractivity contribution < 1.29 is 29.2 Å². The summed E-state index contributed by atoms with van der Waals surface area (Å²) in [4.78, 5) is 12.5. The van der Waals surface area contributed by atoms with Crippen LogP contribution in [0.1, 0.15) is 31.9 Å². The number of ether oxygens (including phenoxy) is 3. The SMILES string of the molecule is CC1(C)OC[C@@H]([C@H](NC(=O)OCc2ccccc2)[C@H](O)[C@](C)(O)c2ccccc2)O1. The normalized spacial score (nSPS) is 22.0. The van der Waals surface area contributed by atoms with Gasteiger partial charge in [0.25, 0.3) is 0 Å². The molecule has 2 aromatic rings. The van der Waals surface area contributed by atoms with Gasteiger partial charge < -0.3 is 29.7 Å². The molecule has 3 N–H and O–H groups in total. The number of amides is 1. The zero-order valence-corrected chi connectivity index (χ0v) is 17.4. The summed E-state index contributed by atoms with van der Waals surface area (Å²) in [7, 11) is 0. The van der Waals surface area contributed by atoms with Crippen LogP contribution in [0.5, 0.6) is 0 Å². The lowest BCUT2D eigenvalue weighted by Gasteiger charge is -2.37. The van der Waals surface area contributed by atoms with Gasteiger partial charge in [-0.1, -0.05) is 60.7 Å². The number of rotatable bonds is 7. The number of aliphatic hydroxyl groups excluding tert-OH is 1. The summed E-state index contributed by atoms with van der Waals surface area (Å²) in [5.41, 5.74) is -0.294. The Kier molecular flexibility index (Phi) is 6.77. The van der Waals surface area contributed by atoms with Crippen LogP contribution in [0.3, 0.4) is 0 Å². The molecular weight excluding hydrogens is 386 g/mol. The van der Waals surface area contributed by atoms with Crippen molar-refractivity contribution >= 4 is 6.09 Å². The molecule has 0 bridgehead atoms. The summed E-state index contributed by atoms with van der Waals surface area (Å²) >= 11 is 0. The van der Waals surface area contributed by atoms with Crippen molar-refractivity contribution in [2.45, 2.75) is 57.0 Å². The Morgan fingerprint density at radius 1 is 1.20 bits per heavy atom. The van der Waals surface area contributed by atoms with Crippen molar-refractivity contribution in [2.75, 3.05) is 6.61 Å². The molecule has 3 rings (SSSR count). The number of aliphatic hydroxyl groups is 2. The number of carbonyl (C=O) groups is 1. The van der Waals surface area contributed by atoms with Gasteiger partial charge in [0.15, 0.2) is 5.79 Å². The van der Waals surface area contributed by atoms with E-state index in [0.717, 1.165) is 5.56 Å². The zero-order chi connectivity index (χ0) is 21.8. The monoisotopic (exact) mass is 415 g/mol. The molecule has 0 radical (unpaired) electrons. The van der Waals surface area contributed by atoms with Gasteiger partial charge in [-0.25, -0.2) is 4.79 Å². The minimum atomic E-state index is -1.64. The van der Waals surface area contributed by atoms with Crippen LogP contribution in [0, 0.1) is 0 Å². The van der Waals surface area contributed by atoms with E-state index >= 15 is 0 Å². The van der Waals surface area contributed by atoms with E-state index in [2.05, 4.69) is 5.32 Å². The Bertz CT molecular complexity index is 824. The van der Waals surface area contributed by atoms with Crippen LogP contribution >= 0.6 is 0 Å². The van der Waals surface area contributed by atoms with Crippen LogP contribution in [-0.4, -0.2) is 47.0 Å². The summed E-state index contributed by atoms with van der Waals surface area (Å²) in [5.74, 6) is -0.864. The van der Waals surface area contributed by atoms with Crippen molar-refractivity contribution in [3.8, 4) is 0 Å². The summed E-state index contributed by atoms with van der Waals surface area (Å²) < 4.78 is 16.8. The number of hydrogen-bond donors (Lipinski definition) is 3. The predicted octanol–water partition coefficient (Wildman–Crippen LogP) is 2.70. The van der Waals surface area contributed by atoms with Crippen molar-refractivity contribution in [1.82, 2.24) is 5.32 Å². The van der Waals surface area contributed by atoms with Crippen molar-refractivity contribution in [2.24, 2.45) is 0 Å². The molecule has 2 aromatic carbocycles. The molecule has 1 heterocycles. The molecule has 0 spiro atoms. The third-order valence-corrected chi connectivity index (χ3v) is 5.20. The first-order valence-corrected chi connectivity index (χ1v) is 9.94. The lowest BCUT2D eigenvalue weighted by atomic mass is 9.84. The van der Waals surface area contributed by atoms with Crippen LogP contribution < -0.4 is 5.32 Å². The molecule has 30 heavy (non-hydrogen) atoms. The molecule has 1 amide bonds. The molecule has 0 aromatic heterocycles. The van der Waals surface area contributed by atoms with Gasteiger partial charge in [0.05, 0.1) is 12.6 Å². The highest BCUT2D eigenvalue weighted by Crippen LogP contribution is 2.32. The van der Waals surface area contributed by atoms with E-state index in [1.807, 2.05) is 36.4 Å². The summed E-state index contributed by atoms with van der Waals surface area (Å²) in [5, 5.41) is 24.9. The molecule has 4 atom stereocenters. The summed E-state index contributed by atoms with van der Waals surface area (Å²) in [6.45, 7) is 5.23. The average molecular weight is 415 g/mol. The lowest BCUT2D eigenvalue weighted by Crippen LogP contribution is -2.58. The van der Waals surface area contributed by atoms with E-state index in [0.29, 0.717) is 5.56 Å². The molecule has 7 nitrogen and oxygen atoms in total. The highest BCUT2D eigenvalue weighted by molar-refractivity contribution is 5.68. The number of alkyl carbamates (subject to hydrolysis) is 1. The topological polar surface area (TPSA) is 97.3 Å². The van der Waals surface area contributed by atoms with Gasteiger partial charge in [-0.05, 0) is 31.9 Å². The molecule has 1 aliphatic rings. The van der Waals surface area contributed by atoms with Crippen LogP contribution in [0.25, 0.3) is 0 Å². The number of hydrogen-bond acceptors (Lipinski definition) is 6. The molecule has 1 fully saturated rings. The minimum Gasteiger partial charge on any atom is -0.445 e. The molecule has 0 saturated carbocycles. The molecule has 1 aliphatic heterocycles. The fraction of sp³-hybridized carbons (Fsp3) is 0.435. The van der Waals surface area contributed by atoms with Gasteiger partial charge in [0, 0.05) is 0 Å². The molecule has 0 unspecified atom stereocenters. The average Bonchev–Trinajstić information content (AvgIpc) is 3.10.